The second kappa shape index (κ2) is 7.09. The highest BCUT2D eigenvalue weighted by Crippen LogP contribution is 2.36. The Labute approximate surface area is 121 Å². The van der Waals surface area contributed by atoms with Gasteiger partial charge in [-0.1, -0.05) is 12.1 Å². The van der Waals surface area contributed by atoms with E-state index in [4.69, 9.17) is 21.4 Å². The summed E-state index contributed by atoms with van der Waals surface area (Å²) in [5.41, 5.74) is 2.77. The number of carbonyl (C=O) groups is 1. The van der Waals surface area contributed by atoms with Crippen LogP contribution < -0.4 is 17.0 Å². The predicted molar refractivity (Wildman–Crippen MR) is 69.3 cm³/mol. The zero-order chi connectivity index (χ0) is 16.0. The quantitative estimate of drug-likeness (QED) is 0.206. The standard InChI is InChI=1S/C11H12F3N3O3S/c12-11(13,14)21-7-3-1-6(2-4-7)5-20-9(17-16)8(15)10(18)19/h1-4,17H,5,15-16H2,(H,18,19)/b9-8+. The summed E-state index contributed by atoms with van der Waals surface area (Å²) in [7, 11) is 0. The number of carboxylic acid groups (broad SMARTS) is 1. The Morgan fingerprint density at radius 3 is 2.33 bits per heavy atom. The molecule has 0 heterocycles. The maximum atomic E-state index is 12.1. The van der Waals surface area contributed by atoms with Crippen LogP contribution in [0.15, 0.2) is 40.7 Å². The number of nitrogens with two attached hydrogens (primary N) is 2. The van der Waals surface area contributed by atoms with Crippen LogP contribution in [0.2, 0.25) is 0 Å². The van der Waals surface area contributed by atoms with Gasteiger partial charge >= 0.3 is 11.5 Å². The second-order valence-electron chi connectivity index (χ2n) is 3.67. The van der Waals surface area contributed by atoms with Crippen LogP contribution >= 0.6 is 11.8 Å². The first-order valence-corrected chi connectivity index (χ1v) is 6.21. The Kier molecular flexibility index (Phi) is 5.73. The molecule has 0 aliphatic heterocycles. The Balaban J connectivity index is 2.68. The van der Waals surface area contributed by atoms with Crippen LogP contribution in [0, 0.1) is 0 Å². The molecule has 0 saturated carbocycles. The summed E-state index contributed by atoms with van der Waals surface area (Å²) >= 11 is -0.233. The van der Waals surface area contributed by atoms with Crippen molar-refractivity contribution in [3.05, 3.63) is 41.4 Å². The molecule has 6 N–H and O–H groups in total. The number of carboxylic acids is 1. The van der Waals surface area contributed by atoms with Gasteiger partial charge in [0.2, 0.25) is 5.88 Å². The maximum absolute atomic E-state index is 12.1. The monoisotopic (exact) mass is 323 g/mol. The van der Waals surface area contributed by atoms with Gasteiger partial charge in [0.05, 0.1) is 0 Å². The van der Waals surface area contributed by atoms with Crippen LogP contribution in [-0.4, -0.2) is 16.6 Å². The summed E-state index contributed by atoms with van der Waals surface area (Å²) < 4.78 is 41.5. The largest absolute Gasteiger partial charge is 0.476 e. The maximum Gasteiger partial charge on any atom is 0.446 e. The molecular weight excluding hydrogens is 311 g/mol. The van der Waals surface area contributed by atoms with Crippen LogP contribution in [0.4, 0.5) is 13.2 Å². The summed E-state index contributed by atoms with van der Waals surface area (Å²) in [4.78, 5) is 10.7. The van der Waals surface area contributed by atoms with E-state index in [-0.39, 0.29) is 29.1 Å². The van der Waals surface area contributed by atoms with E-state index in [0.29, 0.717) is 5.56 Å². The number of hydrogen-bond acceptors (Lipinski definition) is 6. The SMILES string of the molecule is NN/C(OCc1ccc(SC(F)(F)F)cc1)=C(\N)C(=O)O. The smallest absolute Gasteiger partial charge is 0.446 e. The highest BCUT2D eigenvalue weighted by molar-refractivity contribution is 8.00. The van der Waals surface area contributed by atoms with Crippen molar-refractivity contribution in [3.63, 3.8) is 0 Å². The lowest BCUT2D eigenvalue weighted by Crippen LogP contribution is -2.29. The molecule has 1 aromatic carbocycles. The number of hydrazine groups is 1. The van der Waals surface area contributed by atoms with E-state index in [1.807, 2.05) is 5.43 Å². The molecule has 0 amide bonds. The van der Waals surface area contributed by atoms with Gasteiger partial charge in [-0.05, 0) is 29.5 Å². The normalized spacial score (nSPS) is 12.6. The third-order valence-electron chi connectivity index (χ3n) is 2.15. The van der Waals surface area contributed by atoms with Gasteiger partial charge in [-0.15, -0.1) is 0 Å². The van der Waals surface area contributed by atoms with Gasteiger partial charge in [0, 0.05) is 4.90 Å². The van der Waals surface area contributed by atoms with E-state index in [1.54, 1.807) is 0 Å². The van der Waals surface area contributed by atoms with Crippen molar-refractivity contribution >= 4 is 17.7 Å². The molecule has 1 aromatic rings. The van der Waals surface area contributed by atoms with Crippen LogP contribution in [0.3, 0.4) is 0 Å². The molecule has 10 heteroatoms. The Bertz CT molecular complexity index is 532. The van der Waals surface area contributed by atoms with E-state index in [2.05, 4.69) is 0 Å². The highest BCUT2D eigenvalue weighted by atomic mass is 32.2. The van der Waals surface area contributed by atoms with Crippen molar-refractivity contribution < 1.29 is 27.8 Å². The molecule has 21 heavy (non-hydrogen) atoms. The third-order valence-corrected chi connectivity index (χ3v) is 2.89. The molecule has 0 bridgehead atoms. The van der Waals surface area contributed by atoms with Crippen LogP contribution in [0.5, 0.6) is 0 Å². The summed E-state index contributed by atoms with van der Waals surface area (Å²) in [6.07, 6.45) is 0. The summed E-state index contributed by atoms with van der Waals surface area (Å²) in [5, 5.41) is 8.66. The van der Waals surface area contributed by atoms with Crippen molar-refractivity contribution in [1.82, 2.24) is 5.43 Å². The molecule has 0 aliphatic carbocycles. The average molecular weight is 323 g/mol. The number of ether oxygens (including phenoxy) is 1. The molecule has 0 aromatic heterocycles. The first-order valence-electron chi connectivity index (χ1n) is 5.40. The zero-order valence-electron chi connectivity index (χ0n) is 10.5. The molecule has 0 saturated heterocycles. The van der Waals surface area contributed by atoms with Crippen molar-refractivity contribution in [2.75, 3.05) is 0 Å². The Hall–Kier alpha value is -2.07. The minimum Gasteiger partial charge on any atom is -0.476 e. The van der Waals surface area contributed by atoms with Gasteiger partial charge in [-0.3, -0.25) is 5.43 Å². The fraction of sp³-hybridized carbons (Fsp3) is 0.182. The average Bonchev–Trinajstić information content (AvgIpc) is 2.39. The fourth-order valence-corrected chi connectivity index (χ4v) is 1.78. The lowest BCUT2D eigenvalue weighted by molar-refractivity contribution is -0.133. The van der Waals surface area contributed by atoms with Gasteiger partial charge < -0.3 is 15.6 Å². The second-order valence-corrected chi connectivity index (χ2v) is 4.81. The van der Waals surface area contributed by atoms with Gasteiger partial charge in [-0.2, -0.15) is 13.2 Å². The number of benzene rings is 1. The Morgan fingerprint density at radius 1 is 1.33 bits per heavy atom. The number of nitrogens with one attached hydrogen (secondary N) is 1. The third kappa shape index (κ3) is 5.83. The van der Waals surface area contributed by atoms with Crippen LogP contribution in [0.1, 0.15) is 5.56 Å². The first-order chi connectivity index (χ1) is 9.73. The molecule has 0 aliphatic rings. The van der Waals surface area contributed by atoms with Crippen LogP contribution in [0.25, 0.3) is 0 Å². The molecule has 0 radical (unpaired) electrons. The van der Waals surface area contributed by atoms with Gasteiger partial charge in [0.15, 0.2) is 5.70 Å². The van der Waals surface area contributed by atoms with Crippen molar-refractivity contribution in [3.8, 4) is 0 Å². The molecule has 6 nitrogen and oxygen atoms in total. The van der Waals surface area contributed by atoms with E-state index in [1.165, 1.54) is 24.3 Å². The van der Waals surface area contributed by atoms with Crippen molar-refractivity contribution in [2.24, 2.45) is 11.6 Å². The summed E-state index contributed by atoms with van der Waals surface area (Å²) in [5.74, 6) is 3.31. The fourth-order valence-electron chi connectivity index (χ4n) is 1.24. The summed E-state index contributed by atoms with van der Waals surface area (Å²) in [6, 6.07) is 5.38. The molecule has 0 fully saturated rings. The first kappa shape index (κ1) is 17.0. The minimum absolute atomic E-state index is 0.0315. The number of thioether (sulfide) groups is 1. The van der Waals surface area contributed by atoms with E-state index in [9.17, 15) is 18.0 Å². The molecule has 1 rings (SSSR count). The van der Waals surface area contributed by atoms with Crippen molar-refractivity contribution in [2.45, 2.75) is 17.0 Å². The van der Waals surface area contributed by atoms with Crippen molar-refractivity contribution in [1.29, 1.82) is 0 Å². The zero-order valence-corrected chi connectivity index (χ0v) is 11.3. The van der Waals surface area contributed by atoms with Gasteiger partial charge in [0.25, 0.3) is 0 Å². The van der Waals surface area contributed by atoms with Gasteiger partial charge in [0.1, 0.15) is 6.61 Å². The van der Waals surface area contributed by atoms with E-state index >= 15 is 0 Å². The number of aliphatic carboxylic acids is 1. The van der Waals surface area contributed by atoms with Gasteiger partial charge in [-0.25, -0.2) is 10.6 Å². The van der Waals surface area contributed by atoms with E-state index < -0.39 is 17.2 Å². The number of alkyl halides is 3. The number of rotatable bonds is 6. The molecule has 116 valence electrons. The predicted octanol–water partition coefficient (Wildman–Crippen LogP) is 1.49. The minimum atomic E-state index is -4.35. The number of halogens is 3. The van der Waals surface area contributed by atoms with E-state index in [0.717, 1.165) is 0 Å². The molecule has 0 unspecified atom stereocenters. The lowest BCUT2D eigenvalue weighted by atomic mass is 10.2. The Morgan fingerprint density at radius 2 is 1.90 bits per heavy atom. The topological polar surface area (TPSA) is 111 Å². The molecular formula is C11H12F3N3O3S. The number of hydrogen-bond donors (Lipinski definition) is 4. The highest BCUT2D eigenvalue weighted by Gasteiger charge is 2.28. The van der Waals surface area contributed by atoms with Crippen LogP contribution in [-0.2, 0) is 16.1 Å². The molecule has 0 atom stereocenters. The lowest BCUT2D eigenvalue weighted by Gasteiger charge is -2.11. The summed E-state index contributed by atoms with van der Waals surface area (Å²) in [6.45, 7) is -0.107. The molecule has 0 spiro atoms.